The molecule has 1 aromatic heterocycles. The predicted molar refractivity (Wildman–Crippen MR) is 139 cm³/mol. The minimum Gasteiger partial charge on any atom is -0.496 e. The quantitative estimate of drug-likeness (QED) is 0.291. The third kappa shape index (κ3) is 8.42. The van der Waals surface area contributed by atoms with Crippen LogP contribution in [0, 0.1) is 6.92 Å². The Bertz CT molecular complexity index is 1260. The monoisotopic (exact) mass is 566 g/mol. The van der Waals surface area contributed by atoms with Crippen LogP contribution < -0.4 is 9.47 Å². The lowest BCUT2D eigenvalue weighted by molar-refractivity contribution is -0.176. The fourth-order valence-corrected chi connectivity index (χ4v) is 4.89. The number of aryl methyl sites for hydroxylation is 2. The first-order valence-electron chi connectivity index (χ1n) is 11.9. The molecule has 0 saturated carbocycles. The lowest BCUT2D eigenvalue weighted by Crippen LogP contribution is -2.32. The SMILES string of the molecule is COc1cc(C(=O)N(CCCc2ccccc2)Cc2nc(C(=O)O)c(C)s2)cc(OC)c1COCC(F)(F)F. The summed E-state index contributed by atoms with van der Waals surface area (Å²) in [6.45, 7) is 0.197. The molecule has 0 saturated heterocycles. The minimum absolute atomic E-state index is 0.0572. The molecule has 0 aliphatic rings. The van der Waals surface area contributed by atoms with Crippen molar-refractivity contribution in [3.63, 3.8) is 0 Å². The lowest BCUT2D eigenvalue weighted by Gasteiger charge is -2.23. The second-order valence-electron chi connectivity index (χ2n) is 8.60. The van der Waals surface area contributed by atoms with Gasteiger partial charge in [-0.3, -0.25) is 4.79 Å². The molecule has 1 N–H and O–H groups in total. The Labute approximate surface area is 227 Å². The van der Waals surface area contributed by atoms with Gasteiger partial charge in [-0.25, -0.2) is 9.78 Å². The Kier molecular flexibility index (Phi) is 10.3. The van der Waals surface area contributed by atoms with E-state index in [1.165, 1.54) is 37.7 Å². The predicted octanol–water partition coefficient (Wildman–Crippen LogP) is 5.52. The van der Waals surface area contributed by atoms with Gasteiger partial charge in [0, 0.05) is 17.0 Å². The fraction of sp³-hybridized carbons (Fsp3) is 0.370. The van der Waals surface area contributed by atoms with Crippen molar-refractivity contribution in [2.24, 2.45) is 0 Å². The van der Waals surface area contributed by atoms with Gasteiger partial charge >= 0.3 is 12.1 Å². The average Bonchev–Trinajstić information content (AvgIpc) is 3.27. The normalized spacial score (nSPS) is 11.3. The van der Waals surface area contributed by atoms with E-state index in [0.717, 1.165) is 5.56 Å². The highest BCUT2D eigenvalue weighted by Crippen LogP contribution is 2.33. The zero-order valence-electron chi connectivity index (χ0n) is 21.7. The Morgan fingerprint density at radius 2 is 1.72 bits per heavy atom. The summed E-state index contributed by atoms with van der Waals surface area (Å²) in [5, 5.41) is 9.85. The number of nitrogens with zero attached hydrogens (tertiary/aromatic N) is 2. The number of thiazole rings is 1. The second-order valence-corrected chi connectivity index (χ2v) is 9.89. The third-order valence-electron chi connectivity index (χ3n) is 5.76. The molecule has 0 radical (unpaired) electrons. The number of amides is 1. The molecule has 0 fully saturated rings. The van der Waals surface area contributed by atoms with Crippen molar-refractivity contribution < 1.29 is 42.1 Å². The van der Waals surface area contributed by atoms with Crippen LogP contribution >= 0.6 is 11.3 Å². The molecule has 1 amide bonds. The van der Waals surface area contributed by atoms with Crippen molar-refractivity contribution in [1.82, 2.24) is 9.88 Å². The Morgan fingerprint density at radius 3 is 2.26 bits per heavy atom. The van der Waals surface area contributed by atoms with Gasteiger partial charge in [-0.05, 0) is 37.5 Å². The summed E-state index contributed by atoms with van der Waals surface area (Å²) in [7, 11) is 2.67. The number of ether oxygens (including phenoxy) is 3. The third-order valence-corrected chi connectivity index (χ3v) is 6.72. The molecule has 0 spiro atoms. The van der Waals surface area contributed by atoms with Crippen LogP contribution in [0.15, 0.2) is 42.5 Å². The molecule has 0 aliphatic heterocycles. The number of rotatable bonds is 13. The van der Waals surface area contributed by atoms with E-state index in [-0.39, 0.29) is 34.9 Å². The van der Waals surface area contributed by atoms with Crippen LogP contribution in [0.3, 0.4) is 0 Å². The fourth-order valence-electron chi connectivity index (χ4n) is 3.95. The summed E-state index contributed by atoms with van der Waals surface area (Å²) >= 11 is 1.20. The van der Waals surface area contributed by atoms with Gasteiger partial charge in [0.2, 0.25) is 0 Å². The van der Waals surface area contributed by atoms with E-state index in [4.69, 9.17) is 14.2 Å². The minimum atomic E-state index is -4.49. The molecule has 2 aromatic carbocycles. The van der Waals surface area contributed by atoms with Crippen molar-refractivity contribution in [3.8, 4) is 11.5 Å². The van der Waals surface area contributed by atoms with Crippen molar-refractivity contribution in [1.29, 1.82) is 0 Å². The maximum atomic E-state index is 13.7. The summed E-state index contributed by atoms with van der Waals surface area (Å²) in [5.41, 5.74) is 1.47. The van der Waals surface area contributed by atoms with Gasteiger partial charge in [0.15, 0.2) is 5.69 Å². The molecule has 8 nitrogen and oxygen atoms in total. The summed E-state index contributed by atoms with van der Waals surface area (Å²) in [6.07, 6.45) is -3.15. The van der Waals surface area contributed by atoms with E-state index < -0.39 is 31.3 Å². The Hall–Kier alpha value is -3.64. The van der Waals surface area contributed by atoms with E-state index in [1.807, 2.05) is 30.3 Å². The van der Waals surface area contributed by atoms with Crippen LogP contribution in [0.25, 0.3) is 0 Å². The topological polar surface area (TPSA) is 98.2 Å². The van der Waals surface area contributed by atoms with E-state index in [2.05, 4.69) is 4.98 Å². The van der Waals surface area contributed by atoms with Crippen LogP contribution in [-0.2, 0) is 24.3 Å². The molecule has 3 rings (SSSR count). The molecule has 39 heavy (non-hydrogen) atoms. The molecule has 3 aromatic rings. The van der Waals surface area contributed by atoms with E-state index in [1.54, 1.807) is 11.8 Å². The molecule has 0 unspecified atom stereocenters. The lowest BCUT2D eigenvalue weighted by atomic mass is 10.1. The van der Waals surface area contributed by atoms with E-state index >= 15 is 0 Å². The number of carbonyl (C=O) groups excluding carboxylic acids is 1. The maximum Gasteiger partial charge on any atom is 0.411 e. The van der Waals surface area contributed by atoms with Crippen LogP contribution in [0.4, 0.5) is 13.2 Å². The Morgan fingerprint density at radius 1 is 1.08 bits per heavy atom. The van der Waals surface area contributed by atoms with Gasteiger partial charge < -0.3 is 24.2 Å². The van der Waals surface area contributed by atoms with Crippen molar-refractivity contribution in [3.05, 3.63) is 74.7 Å². The van der Waals surface area contributed by atoms with Crippen LogP contribution in [0.2, 0.25) is 0 Å². The molecule has 0 bridgehead atoms. The number of methoxy groups -OCH3 is 2. The summed E-state index contributed by atoms with van der Waals surface area (Å²) in [4.78, 5) is 31.5. The second kappa shape index (κ2) is 13.4. The highest BCUT2D eigenvalue weighted by atomic mass is 32.1. The number of carboxylic acid groups (broad SMARTS) is 1. The van der Waals surface area contributed by atoms with Gasteiger partial charge in [-0.2, -0.15) is 13.2 Å². The molecule has 0 atom stereocenters. The maximum absolute atomic E-state index is 13.7. The standard InChI is InChI=1S/C27H29F3N2O6S/c1-17-24(26(34)35)31-23(39-17)14-32(11-7-10-18-8-5-4-6-9-18)25(33)19-12-21(36-2)20(22(13-19)37-3)15-38-16-27(28,29)30/h4-6,8-9,12-13H,7,10-11,14-16H2,1-3H3,(H,34,35). The number of aromatic nitrogens is 1. The zero-order valence-corrected chi connectivity index (χ0v) is 22.5. The van der Waals surface area contributed by atoms with E-state index in [0.29, 0.717) is 29.3 Å². The van der Waals surface area contributed by atoms with Crippen molar-refractivity contribution in [2.45, 2.75) is 39.1 Å². The van der Waals surface area contributed by atoms with E-state index in [9.17, 15) is 27.9 Å². The highest BCUT2D eigenvalue weighted by Gasteiger charge is 2.28. The molecule has 0 aliphatic carbocycles. The molecule has 1 heterocycles. The molecule has 210 valence electrons. The smallest absolute Gasteiger partial charge is 0.411 e. The number of halogens is 3. The van der Waals surface area contributed by atoms with Crippen molar-refractivity contribution >= 4 is 23.2 Å². The van der Waals surface area contributed by atoms with Gasteiger partial charge in [0.1, 0.15) is 23.1 Å². The highest BCUT2D eigenvalue weighted by molar-refractivity contribution is 7.11. The van der Waals surface area contributed by atoms with Crippen LogP contribution in [0.5, 0.6) is 11.5 Å². The molecule has 12 heteroatoms. The number of hydrogen-bond donors (Lipinski definition) is 1. The van der Waals surface area contributed by atoms with Crippen LogP contribution in [-0.4, -0.2) is 60.4 Å². The summed E-state index contributed by atoms with van der Waals surface area (Å²) in [5.74, 6) is -1.26. The molecular weight excluding hydrogens is 537 g/mol. The first-order valence-corrected chi connectivity index (χ1v) is 12.8. The first kappa shape index (κ1) is 29.9. The number of alkyl halides is 3. The van der Waals surface area contributed by atoms with Gasteiger partial charge in [0.05, 0.1) is 32.9 Å². The summed E-state index contributed by atoms with van der Waals surface area (Å²) < 4.78 is 53.2. The van der Waals surface area contributed by atoms with Gasteiger partial charge in [-0.1, -0.05) is 30.3 Å². The number of carboxylic acids is 1. The average molecular weight is 567 g/mol. The number of aromatic carboxylic acids is 1. The largest absolute Gasteiger partial charge is 0.496 e. The number of carbonyl (C=O) groups is 2. The first-order chi connectivity index (χ1) is 18.5. The van der Waals surface area contributed by atoms with Gasteiger partial charge in [0.25, 0.3) is 5.91 Å². The Balaban J connectivity index is 1.88. The number of hydrogen-bond acceptors (Lipinski definition) is 7. The molecular formula is C27H29F3N2O6S. The number of benzene rings is 2. The summed E-state index contributed by atoms with van der Waals surface area (Å²) in [6, 6.07) is 12.6. The van der Waals surface area contributed by atoms with Crippen molar-refractivity contribution in [2.75, 3.05) is 27.4 Å². The van der Waals surface area contributed by atoms with Gasteiger partial charge in [-0.15, -0.1) is 11.3 Å². The van der Waals surface area contributed by atoms with Crippen LogP contribution in [0.1, 0.15) is 48.3 Å². The zero-order chi connectivity index (χ0) is 28.6.